The van der Waals surface area contributed by atoms with Crippen LogP contribution in [0, 0.1) is 5.82 Å². The number of anilines is 1. The van der Waals surface area contributed by atoms with Gasteiger partial charge in [0.25, 0.3) is 0 Å². The lowest BCUT2D eigenvalue weighted by atomic mass is 10.2. The summed E-state index contributed by atoms with van der Waals surface area (Å²) in [5.41, 5.74) is 0.578. The fourth-order valence-corrected chi connectivity index (χ4v) is 2.00. The molecule has 0 fully saturated rings. The van der Waals surface area contributed by atoms with Gasteiger partial charge in [-0.05, 0) is 18.2 Å². The fraction of sp³-hybridized carbons (Fsp3) is 0.250. The smallest absolute Gasteiger partial charge is 0.213 e. The minimum absolute atomic E-state index is 0.242. The molecule has 0 saturated heterocycles. The van der Waals surface area contributed by atoms with E-state index in [0.717, 1.165) is 4.47 Å². The van der Waals surface area contributed by atoms with Crippen molar-refractivity contribution in [1.29, 1.82) is 0 Å². The lowest BCUT2D eigenvalue weighted by Gasteiger charge is -2.05. The van der Waals surface area contributed by atoms with Crippen molar-refractivity contribution in [1.82, 2.24) is 9.78 Å². The summed E-state index contributed by atoms with van der Waals surface area (Å²) in [4.78, 5) is 0. The maximum absolute atomic E-state index is 13.5. The zero-order valence-electron chi connectivity index (χ0n) is 10.1. The van der Waals surface area contributed by atoms with Gasteiger partial charge in [0.2, 0.25) is 5.88 Å². The number of benzene rings is 1. The summed E-state index contributed by atoms with van der Waals surface area (Å²) in [5, 5.41) is 7.25. The first kappa shape index (κ1) is 12.9. The van der Waals surface area contributed by atoms with Gasteiger partial charge in [-0.15, -0.1) is 0 Å². The highest BCUT2D eigenvalue weighted by atomic mass is 79.9. The minimum atomic E-state index is -0.242. The van der Waals surface area contributed by atoms with Crippen molar-refractivity contribution >= 4 is 21.7 Å². The van der Waals surface area contributed by atoms with Crippen molar-refractivity contribution in [2.24, 2.45) is 7.05 Å². The highest BCUT2D eigenvalue weighted by Crippen LogP contribution is 2.19. The van der Waals surface area contributed by atoms with Gasteiger partial charge in [0.05, 0.1) is 7.11 Å². The normalized spacial score (nSPS) is 10.4. The van der Waals surface area contributed by atoms with Crippen molar-refractivity contribution in [3.63, 3.8) is 0 Å². The summed E-state index contributed by atoms with van der Waals surface area (Å²) in [6.07, 6.45) is 0. The van der Waals surface area contributed by atoms with Crippen molar-refractivity contribution in [2.75, 3.05) is 12.4 Å². The number of hydrogen-bond acceptors (Lipinski definition) is 3. The maximum atomic E-state index is 13.5. The first-order chi connectivity index (χ1) is 8.60. The molecule has 1 N–H and O–H groups in total. The van der Waals surface area contributed by atoms with Crippen molar-refractivity contribution < 1.29 is 9.13 Å². The second-order valence-electron chi connectivity index (χ2n) is 3.78. The SMILES string of the molecule is COc1cc(NCc2cc(Br)ccc2F)nn1C. The van der Waals surface area contributed by atoms with E-state index in [1.165, 1.54) is 6.07 Å². The molecule has 0 saturated carbocycles. The molecule has 2 rings (SSSR count). The molecule has 0 amide bonds. The zero-order valence-corrected chi connectivity index (χ0v) is 11.7. The molecule has 0 radical (unpaired) electrons. The summed E-state index contributed by atoms with van der Waals surface area (Å²) in [6.45, 7) is 0.367. The number of rotatable bonds is 4. The molecule has 0 atom stereocenters. The molecule has 96 valence electrons. The second-order valence-corrected chi connectivity index (χ2v) is 4.70. The van der Waals surface area contributed by atoms with Crippen LogP contribution < -0.4 is 10.1 Å². The molecule has 0 spiro atoms. The number of hydrogen-bond donors (Lipinski definition) is 1. The summed E-state index contributed by atoms with van der Waals surface area (Å²) >= 11 is 3.32. The van der Waals surface area contributed by atoms with E-state index in [-0.39, 0.29) is 5.82 Å². The Bertz CT molecular complexity index is 556. The number of aryl methyl sites for hydroxylation is 1. The van der Waals surface area contributed by atoms with E-state index in [9.17, 15) is 4.39 Å². The van der Waals surface area contributed by atoms with E-state index in [1.54, 1.807) is 37.0 Å². The molecule has 1 aromatic carbocycles. The fourth-order valence-electron chi connectivity index (χ4n) is 1.59. The summed E-state index contributed by atoms with van der Waals surface area (Å²) in [5.74, 6) is 1.05. The molecule has 6 heteroatoms. The first-order valence-corrected chi connectivity index (χ1v) is 6.15. The number of nitrogens with one attached hydrogen (secondary N) is 1. The topological polar surface area (TPSA) is 39.1 Å². The van der Waals surface area contributed by atoms with Gasteiger partial charge in [-0.25, -0.2) is 9.07 Å². The molecule has 0 unspecified atom stereocenters. The predicted octanol–water partition coefficient (Wildman–Crippen LogP) is 2.94. The molecule has 1 aromatic heterocycles. The van der Waals surface area contributed by atoms with Crippen molar-refractivity contribution in [2.45, 2.75) is 6.54 Å². The third-order valence-corrected chi connectivity index (χ3v) is 3.01. The molecule has 0 aliphatic carbocycles. The monoisotopic (exact) mass is 313 g/mol. The van der Waals surface area contributed by atoms with Crippen LogP contribution in [0.4, 0.5) is 10.2 Å². The van der Waals surface area contributed by atoms with E-state index < -0.39 is 0 Å². The summed E-state index contributed by atoms with van der Waals surface area (Å²) < 4.78 is 21.1. The Morgan fingerprint density at radius 3 is 2.89 bits per heavy atom. The molecule has 2 aromatic rings. The van der Waals surface area contributed by atoms with Crippen LogP contribution in [0.5, 0.6) is 5.88 Å². The molecule has 4 nitrogen and oxygen atoms in total. The Labute approximate surface area is 113 Å². The number of aromatic nitrogens is 2. The molecule has 0 bridgehead atoms. The van der Waals surface area contributed by atoms with Gasteiger partial charge in [-0.2, -0.15) is 5.10 Å². The lowest BCUT2D eigenvalue weighted by Crippen LogP contribution is -2.03. The van der Waals surface area contributed by atoms with Gasteiger partial charge < -0.3 is 10.1 Å². The zero-order chi connectivity index (χ0) is 13.1. The molecule has 1 heterocycles. The Kier molecular flexibility index (Phi) is 3.86. The second kappa shape index (κ2) is 5.39. The Hall–Kier alpha value is -1.56. The Morgan fingerprint density at radius 1 is 1.44 bits per heavy atom. The quantitative estimate of drug-likeness (QED) is 0.943. The molecule has 0 aliphatic heterocycles. The molecule has 18 heavy (non-hydrogen) atoms. The molecular weight excluding hydrogens is 301 g/mol. The number of nitrogens with zero attached hydrogens (tertiary/aromatic N) is 2. The largest absolute Gasteiger partial charge is 0.481 e. The standard InChI is InChI=1S/C12H13BrFN3O/c1-17-12(18-2)6-11(16-17)15-7-8-5-9(13)3-4-10(8)14/h3-6H,7H2,1-2H3,(H,15,16). The van der Waals surface area contributed by atoms with Crippen LogP contribution in [0.15, 0.2) is 28.7 Å². The van der Waals surface area contributed by atoms with E-state index in [4.69, 9.17) is 4.74 Å². The maximum Gasteiger partial charge on any atom is 0.213 e. The van der Waals surface area contributed by atoms with E-state index in [0.29, 0.717) is 23.8 Å². The van der Waals surface area contributed by atoms with Gasteiger partial charge in [-0.3, -0.25) is 0 Å². The highest BCUT2D eigenvalue weighted by molar-refractivity contribution is 9.10. The molecule has 0 aliphatic rings. The van der Waals surface area contributed by atoms with Crippen LogP contribution in [0.2, 0.25) is 0 Å². The van der Waals surface area contributed by atoms with Crippen molar-refractivity contribution in [3.05, 3.63) is 40.1 Å². The first-order valence-electron chi connectivity index (χ1n) is 5.36. The van der Waals surface area contributed by atoms with E-state index >= 15 is 0 Å². The average Bonchev–Trinajstić information content (AvgIpc) is 2.71. The summed E-state index contributed by atoms with van der Waals surface area (Å²) in [6, 6.07) is 6.60. The third-order valence-electron chi connectivity index (χ3n) is 2.51. The lowest BCUT2D eigenvalue weighted by molar-refractivity contribution is 0.373. The Morgan fingerprint density at radius 2 is 2.22 bits per heavy atom. The van der Waals surface area contributed by atoms with Crippen LogP contribution in [0.1, 0.15) is 5.56 Å². The third kappa shape index (κ3) is 2.81. The van der Waals surface area contributed by atoms with Crippen LogP contribution in [0.25, 0.3) is 0 Å². The van der Waals surface area contributed by atoms with Gasteiger partial charge >= 0.3 is 0 Å². The number of halogens is 2. The van der Waals surface area contributed by atoms with Crippen molar-refractivity contribution in [3.8, 4) is 5.88 Å². The van der Waals surface area contributed by atoms with Gasteiger partial charge in [-0.1, -0.05) is 15.9 Å². The van der Waals surface area contributed by atoms with E-state index in [1.807, 2.05) is 0 Å². The molecular formula is C12H13BrFN3O. The van der Waals surface area contributed by atoms with E-state index in [2.05, 4.69) is 26.3 Å². The van der Waals surface area contributed by atoms with Gasteiger partial charge in [0.1, 0.15) is 5.82 Å². The van der Waals surface area contributed by atoms with Crippen LogP contribution in [-0.4, -0.2) is 16.9 Å². The van der Waals surface area contributed by atoms with Gasteiger partial charge in [0, 0.05) is 29.7 Å². The Balaban J connectivity index is 2.08. The predicted molar refractivity (Wildman–Crippen MR) is 71.2 cm³/mol. The van der Waals surface area contributed by atoms with Crippen LogP contribution in [-0.2, 0) is 13.6 Å². The summed E-state index contributed by atoms with van der Waals surface area (Å²) in [7, 11) is 3.36. The number of methoxy groups -OCH3 is 1. The highest BCUT2D eigenvalue weighted by Gasteiger charge is 2.06. The average molecular weight is 314 g/mol. The number of ether oxygens (including phenoxy) is 1. The van der Waals surface area contributed by atoms with Gasteiger partial charge in [0.15, 0.2) is 5.82 Å². The minimum Gasteiger partial charge on any atom is -0.481 e. The van der Waals surface area contributed by atoms with Crippen LogP contribution in [0.3, 0.4) is 0 Å². The van der Waals surface area contributed by atoms with Crippen LogP contribution >= 0.6 is 15.9 Å².